The molecule has 1 amide bonds. The molecule has 41 heavy (non-hydrogen) atoms. The van der Waals surface area contributed by atoms with Crippen molar-refractivity contribution in [2.75, 3.05) is 6.61 Å². The predicted molar refractivity (Wildman–Crippen MR) is 161 cm³/mol. The second-order valence-corrected chi connectivity index (χ2v) is 11.0. The molecule has 0 radical (unpaired) electrons. The van der Waals surface area contributed by atoms with Crippen molar-refractivity contribution in [1.82, 2.24) is 15.3 Å². The van der Waals surface area contributed by atoms with Gasteiger partial charge in [0.15, 0.2) is 0 Å². The second kappa shape index (κ2) is 12.1. The molecule has 204 valence electrons. The summed E-state index contributed by atoms with van der Waals surface area (Å²) in [7, 11) is 0. The maximum absolute atomic E-state index is 13.1. The van der Waals surface area contributed by atoms with E-state index in [2.05, 4.69) is 39.6 Å². The van der Waals surface area contributed by atoms with Crippen molar-refractivity contribution in [1.29, 1.82) is 0 Å². The van der Waals surface area contributed by atoms with Crippen molar-refractivity contribution in [2.45, 2.75) is 29.0 Å². The molecule has 0 unspecified atom stereocenters. The average Bonchev–Trinajstić information content (AvgIpc) is 3.34. The normalized spacial score (nSPS) is 12.0. The Hall–Kier alpha value is -4.17. The number of rotatable bonds is 8. The van der Waals surface area contributed by atoms with Crippen LogP contribution in [0, 0.1) is 0 Å². The molecule has 6 rings (SSSR count). The summed E-state index contributed by atoms with van der Waals surface area (Å²) in [6.07, 6.45) is 4.61. The van der Waals surface area contributed by atoms with Crippen LogP contribution < -0.4 is 5.32 Å². The van der Waals surface area contributed by atoms with Crippen molar-refractivity contribution in [3.8, 4) is 22.3 Å². The van der Waals surface area contributed by atoms with E-state index in [4.69, 9.17) is 16.3 Å². The second-order valence-electron chi connectivity index (χ2n) is 9.55. The van der Waals surface area contributed by atoms with Gasteiger partial charge in [0.05, 0.1) is 11.6 Å². The van der Waals surface area contributed by atoms with Crippen molar-refractivity contribution in [3.63, 3.8) is 0 Å². The molecule has 0 spiro atoms. The largest absolute Gasteiger partial charge is 0.449 e. The number of carbonyl (C=O) groups is 1. The van der Waals surface area contributed by atoms with Gasteiger partial charge >= 0.3 is 6.09 Å². The zero-order valence-electron chi connectivity index (χ0n) is 22.0. The molecule has 1 aliphatic rings. The summed E-state index contributed by atoms with van der Waals surface area (Å²) in [6.45, 7) is 0.256. The van der Waals surface area contributed by atoms with Gasteiger partial charge < -0.3 is 15.2 Å². The van der Waals surface area contributed by atoms with Crippen LogP contribution >= 0.6 is 23.4 Å². The average molecular weight is 580 g/mol. The lowest BCUT2D eigenvalue weighted by Gasteiger charge is -2.18. The Bertz CT molecular complexity index is 1670. The zero-order chi connectivity index (χ0) is 28.2. The van der Waals surface area contributed by atoms with Gasteiger partial charge in [-0.15, -0.1) is 0 Å². The highest BCUT2D eigenvalue weighted by atomic mass is 35.5. The maximum atomic E-state index is 13.1. The summed E-state index contributed by atoms with van der Waals surface area (Å²) in [4.78, 5) is 22.4. The summed E-state index contributed by atoms with van der Waals surface area (Å²) in [5.41, 5.74) is 8.02. The Balaban J connectivity index is 1.25. The number of hydrogen-bond donors (Lipinski definition) is 2. The molecular weight excluding hydrogens is 554 g/mol. The van der Waals surface area contributed by atoms with Crippen LogP contribution in [0.15, 0.2) is 113 Å². The molecule has 1 aliphatic carbocycles. The fourth-order valence-electron chi connectivity index (χ4n) is 5.23. The zero-order valence-corrected chi connectivity index (χ0v) is 23.5. The third-order valence-electron chi connectivity index (χ3n) is 7.18. The first kappa shape index (κ1) is 27.0. The fraction of sp³-hybridized carbons (Fsp3) is 0.121. The van der Waals surface area contributed by atoms with Crippen LogP contribution in [0.5, 0.6) is 0 Å². The van der Waals surface area contributed by atoms with Crippen molar-refractivity contribution < 1.29 is 14.6 Å². The summed E-state index contributed by atoms with van der Waals surface area (Å²) in [6, 6.07) is 27.7. The molecule has 3 aromatic carbocycles. The molecule has 2 N–H and O–H groups in total. The molecule has 0 saturated carbocycles. The number of alkyl carbamates (subject to hydrolysis) is 1. The quantitative estimate of drug-likeness (QED) is 0.198. The molecule has 5 aromatic rings. The van der Waals surface area contributed by atoms with Crippen LogP contribution in [0.25, 0.3) is 22.3 Å². The number of pyridine rings is 2. The molecular formula is C33H26ClN3O3S. The minimum Gasteiger partial charge on any atom is -0.449 e. The van der Waals surface area contributed by atoms with Crippen molar-refractivity contribution in [3.05, 3.63) is 131 Å². The van der Waals surface area contributed by atoms with Gasteiger partial charge in [0, 0.05) is 41.5 Å². The third kappa shape index (κ3) is 5.57. The number of aromatic nitrogens is 2. The number of aliphatic hydroxyl groups is 1. The third-order valence-corrected chi connectivity index (χ3v) is 8.83. The number of aliphatic hydroxyl groups excluding tert-OH is 1. The molecule has 2 aromatic heterocycles. The molecule has 8 heteroatoms. The molecule has 0 aliphatic heterocycles. The summed E-state index contributed by atoms with van der Waals surface area (Å²) >= 11 is 8.09. The van der Waals surface area contributed by atoms with Crippen LogP contribution in [-0.4, -0.2) is 27.8 Å². The highest BCUT2D eigenvalue weighted by Crippen LogP contribution is 2.45. The van der Waals surface area contributed by atoms with Gasteiger partial charge in [0.25, 0.3) is 0 Å². The van der Waals surface area contributed by atoms with Gasteiger partial charge in [-0.25, -0.2) is 9.78 Å². The van der Waals surface area contributed by atoms with Gasteiger partial charge in [0.1, 0.15) is 11.6 Å². The van der Waals surface area contributed by atoms with E-state index in [1.807, 2.05) is 54.6 Å². The number of carbonyl (C=O) groups excluding carboxylic acids is 1. The first-order chi connectivity index (χ1) is 20.1. The number of nitrogens with zero attached hydrogens (tertiary/aromatic N) is 2. The van der Waals surface area contributed by atoms with E-state index >= 15 is 0 Å². The van der Waals surface area contributed by atoms with Gasteiger partial charge in [-0.1, -0.05) is 84.0 Å². The standard InChI is InChI=1S/C33H26ClN3O3S/c34-30-12-11-23(21-13-16-35-17-14-21)28(31(30)41-32-22(19-38)6-5-15-36-32)18-37-33(39)40-20-29-26-9-3-1-7-24(26)25-8-2-4-10-27(25)29/h1-17,29,38H,18-20H2,(H,37,39). The lowest BCUT2D eigenvalue weighted by atomic mass is 9.98. The number of nitrogens with one attached hydrogen (secondary N) is 1. The van der Waals surface area contributed by atoms with Gasteiger partial charge in [-0.2, -0.15) is 0 Å². The van der Waals surface area contributed by atoms with E-state index in [1.165, 1.54) is 22.9 Å². The Morgan fingerprint density at radius 1 is 0.878 bits per heavy atom. The molecule has 0 bridgehead atoms. The Labute approximate surface area is 247 Å². The Kier molecular flexibility index (Phi) is 8.00. The van der Waals surface area contributed by atoms with Gasteiger partial charge in [-0.05, 0) is 63.2 Å². The van der Waals surface area contributed by atoms with Crippen molar-refractivity contribution in [2.24, 2.45) is 0 Å². The topological polar surface area (TPSA) is 84.3 Å². The fourth-order valence-corrected chi connectivity index (χ4v) is 6.56. The highest BCUT2D eigenvalue weighted by molar-refractivity contribution is 7.99. The molecule has 0 saturated heterocycles. The number of ether oxygens (including phenoxy) is 1. The van der Waals surface area contributed by atoms with E-state index in [0.29, 0.717) is 15.6 Å². The van der Waals surface area contributed by atoms with Gasteiger partial charge in [0.2, 0.25) is 0 Å². The molecule has 0 fully saturated rings. The van der Waals surface area contributed by atoms with Crippen LogP contribution in [0.4, 0.5) is 4.79 Å². The molecule has 2 heterocycles. The minimum absolute atomic E-state index is 0.0288. The first-order valence-corrected chi connectivity index (χ1v) is 14.4. The monoisotopic (exact) mass is 579 g/mol. The predicted octanol–water partition coefficient (Wildman–Crippen LogP) is 7.48. The highest BCUT2D eigenvalue weighted by Gasteiger charge is 2.29. The maximum Gasteiger partial charge on any atom is 0.407 e. The van der Waals surface area contributed by atoms with E-state index < -0.39 is 6.09 Å². The lowest BCUT2D eigenvalue weighted by Crippen LogP contribution is -2.26. The summed E-state index contributed by atoms with van der Waals surface area (Å²) in [5, 5.41) is 14.0. The van der Waals surface area contributed by atoms with Crippen LogP contribution in [0.3, 0.4) is 0 Å². The van der Waals surface area contributed by atoms with Gasteiger partial charge in [-0.3, -0.25) is 4.98 Å². The number of hydrogen-bond acceptors (Lipinski definition) is 6. The van der Waals surface area contributed by atoms with E-state index in [9.17, 15) is 9.90 Å². The smallest absolute Gasteiger partial charge is 0.407 e. The van der Waals surface area contributed by atoms with E-state index in [0.717, 1.165) is 32.7 Å². The SMILES string of the molecule is O=C(NCc1c(-c2ccncc2)ccc(Cl)c1Sc1ncccc1CO)OCC1c2ccccc2-c2ccccc21. The number of amides is 1. The van der Waals surface area contributed by atoms with Crippen LogP contribution in [-0.2, 0) is 17.9 Å². The Morgan fingerprint density at radius 2 is 1.59 bits per heavy atom. The molecule has 0 atom stereocenters. The van der Waals surface area contributed by atoms with E-state index in [-0.39, 0.29) is 25.7 Å². The van der Waals surface area contributed by atoms with Crippen LogP contribution in [0.1, 0.15) is 28.2 Å². The number of fused-ring (bicyclic) bond motifs is 3. The Morgan fingerprint density at radius 3 is 2.29 bits per heavy atom. The van der Waals surface area contributed by atoms with E-state index in [1.54, 1.807) is 24.7 Å². The minimum atomic E-state index is -0.516. The lowest BCUT2D eigenvalue weighted by molar-refractivity contribution is 0.142. The summed E-state index contributed by atoms with van der Waals surface area (Å²) < 4.78 is 5.79. The van der Waals surface area contributed by atoms with Crippen molar-refractivity contribution >= 4 is 29.5 Å². The van der Waals surface area contributed by atoms with Crippen LogP contribution in [0.2, 0.25) is 5.02 Å². The molecule has 6 nitrogen and oxygen atoms in total. The first-order valence-electron chi connectivity index (χ1n) is 13.2. The number of halogens is 1. The summed E-state index contributed by atoms with van der Waals surface area (Å²) in [5.74, 6) is -0.0288. The number of benzene rings is 3.